The lowest BCUT2D eigenvalue weighted by Gasteiger charge is -2.06. The summed E-state index contributed by atoms with van der Waals surface area (Å²) in [5.41, 5.74) is 0.921. The van der Waals surface area contributed by atoms with Gasteiger partial charge in [-0.2, -0.15) is 0 Å². The van der Waals surface area contributed by atoms with Crippen LogP contribution in [0.5, 0.6) is 0 Å². The molecule has 1 aromatic carbocycles. The molecule has 0 bridgehead atoms. The molecular formula is C13H13FN4O2. The molecule has 2 rings (SSSR count). The number of methoxy groups -OCH3 is 1. The van der Waals surface area contributed by atoms with E-state index in [9.17, 15) is 9.18 Å². The number of nitrogens with one attached hydrogen (secondary N) is 2. The second kappa shape index (κ2) is 6.46. The molecule has 1 amide bonds. The third-order valence-corrected chi connectivity index (χ3v) is 2.47. The van der Waals surface area contributed by atoms with Crippen molar-refractivity contribution in [1.82, 2.24) is 10.2 Å². The van der Waals surface area contributed by atoms with Crippen LogP contribution in [0.1, 0.15) is 5.56 Å². The Balaban J connectivity index is 1.90. The molecule has 0 saturated carbocycles. The van der Waals surface area contributed by atoms with E-state index in [1.807, 2.05) is 0 Å². The van der Waals surface area contributed by atoms with E-state index in [1.54, 1.807) is 24.3 Å². The van der Waals surface area contributed by atoms with Crippen molar-refractivity contribution in [2.24, 2.45) is 0 Å². The summed E-state index contributed by atoms with van der Waals surface area (Å²) in [5.74, 6) is 0.570. The maximum absolute atomic E-state index is 12.7. The number of ether oxygens (including phenoxy) is 1. The number of benzene rings is 1. The van der Waals surface area contributed by atoms with Crippen molar-refractivity contribution in [3.8, 4) is 0 Å². The van der Waals surface area contributed by atoms with Gasteiger partial charge in [0.05, 0.1) is 7.11 Å². The van der Waals surface area contributed by atoms with Crippen molar-refractivity contribution in [2.45, 2.75) is 6.54 Å². The molecule has 1 heterocycles. The first kappa shape index (κ1) is 13.7. The van der Waals surface area contributed by atoms with Gasteiger partial charge in [-0.05, 0) is 29.8 Å². The molecule has 1 aromatic heterocycles. The van der Waals surface area contributed by atoms with E-state index in [1.165, 1.54) is 19.2 Å². The fourth-order valence-corrected chi connectivity index (χ4v) is 1.44. The normalized spacial score (nSPS) is 9.90. The van der Waals surface area contributed by atoms with E-state index in [0.29, 0.717) is 18.2 Å². The number of hydrogen-bond acceptors (Lipinski definition) is 5. The lowest BCUT2D eigenvalue weighted by atomic mass is 10.2. The molecule has 0 atom stereocenters. The van der Waals surface area contributed by atoms with Gasteiger partial charge in [0.2, 0.25) is 0 Å². The van der Waals surface area contributed by atoms with Crippen LogP contribution in [0.2, 0.25) is 0 Å². The van der Waals surface area contributed by atoms with Crippen molar-refractivity contribution in [2.75, 3.05) is 17.7 Å². The third-order valence-electron chi connectivity index (χ3n) is 2.47. The predicted octanol–water partition coefficient (Wildman–Crippen LogP) is 2.41. The first-order valence-corrected chi connectivity index (χ1v) is 5.84. The molecule has 2 aromatic rings. The second-order valence-electron chi connectivity index (χ2n) is 3.90. The van der Waals surface area contributed by atoms with Gasteiger partial charge < -0.3 is 10.1 Å². The number of anilines is 2. The van der Waals surface area contributed by atoms with Crippen molar-refractivity contribution in [1.29, 1.82) is 0 Å². The highest BCUT2D eigenvalue weighted by Gasteiger charge is 2.02. The molecule has 2 N–H and O–H groups in total. The molecule has 6 nitrogen and oxygen atoms in total. The van der Waals surface area contributed by atoms with E-state index >= 15 is 0 Å². The number of carbonyl (C=O) groups excluding carboxylic acids is 1. The lowest BCUT2D eigenvalue weighted by molar-refractivity contribution is 0.187. The number of hydrogen-bond donors (Lipinski definition) is 2. The second-order valence-corrected chi connectivity index (χ2v) is 3.90. The highest BCUT2D eigenvalue weighted by molar-refractivity contribution is 5.83. The molecule has 0 saturated heterocycles. The Morgan fingerprint density at radius 2 is 1.80 bits per heavy atom. The average Bonchev–Trinajstić information content (AvgIpc) is 2.48. The summed E-state index contributed by atoms with van der Waals surface area (Å²) >= 11 is 0. The summed E-state index contributed by atoms with van der Waals surface area (Å²) in [6.45, 7) is 0.499. The highest BCUT2D eigenvalue weighted by Crippen LogP contribution is 2.09. The number of carbonyl (C=O) groups is 1. The van der Waals surface area contributed by atoms with Crippen LogP contribution in [-0.2, 0) is 11.3 Å². The Kier molecular flexibility index (Phi) is 4.43. The summed E-state index contributed by atoms with van der Waals surface area (Å²) in [7, 11) is 1.27. The predicted molar refractivity (Wildman–Crippen MR) is 71.8 cm³/mol. The molecule has 0 aliphatic rings. The van der Waals surface area contributed by atoms with Crippen LogP contribution in [0, 0.1) is 5.82 Å². The highest BCUT2D eigenvalue weighted by atomic mass is 19.1. The Bertz CT molecular complexity index is 572. The van der Waals surface area contributed by atoms with Crippen molar-refractivity contribution >= 4 is 17.7 Å². The van der Waals surface area contributed by atoms with E-state index < -0.39 is 6.09 Å². The van der Waals surface area contributed by atoms with Gasteiger partial charge in [0.15, 0.2) is 5.82 Å². The summed E-state index contributed by atoms with van der Waals surface area (Å²) < 4.78 is 17.2. The lowest BCUT2D eigenvalue weighted by Crippen LogP contribution is -2.13. The number of rotatable bonds is 4. The maximum atomic E-state index is 12.7. The Labute approximate surface area is 115 Å². The van der Waals surface area contributed by atoms with Gasteiger partial charge in [0.1, 0.15) is 11.6 Å². The smallest absolute Gasteiger partial charge is 0.412 e. The van der Waals surface area contributed by atoms with Crippen LogP contribution in [-0.4, -0.2) is 23.4 Å². The van der Waals surface area contributed by atoms with E-state index in [4.69, 9.17) is 0 Å². The van der Waals surface area contributed by atoms with E-state index in [0.717, 1.165) is 5.56 Å². The summed E-state index contributed by atoms with van der Waals surface area (Å²) in [6, 6.07) is 9.42. The molecule has 0 unspecified atom stereocenters. The van der Waals surface area contributed by atoms with E-state index in [-0.39, 0.29) is 5.82 Å². The van der Waals surface area contributed by atoms with E-state index in [2.05, 4.69) is 25.6 Å². The Morgan fingerprint density at radius 1 is 1.15 bits per heavy atom. The zero-order chi connectivity index (χ0) is 14.4. The average molecular weight is 276 g/mol. The van der Waals surface area contributed by atoms with Crippen LogP contribution in [0.15, 0.2) is 36.4 Å². The maximum Gasteiger partial charge on any atom is 0.412 e. The van der Waals surface area contributed by atoms with Crippen LogP contribution >= 0.6 is 0 Å². The minimum atomic E-state index is -0.605. The fourth-order valence-electron chi connectivity index (χ4n) is 1.44. The van der Waals surface area contributed by atoms with Crippen LogP contribution in [0.3, 0.4) is 0 Å². The van der Waals surface area contributed by atoms with Gasteiger partial charge in [-0.15, -0.1) is 10.2 Å². The van der Waals surface area contributed by atoms with Gasteiger partial charge in [0.25, 0.3) is 0 Å². The first-order valence-electron chi connectivity index (χ1n) is 5.84. The molecular weight excluding hydrogens is 263 g/mol. The number of aromatic nitrogens is 2. The zero-order valence-electron chi connectivity index (χ0n) is 10.8. The standard InChI is InChI=1S/C13H13FN4O2/c1-20-13(19)16-12-7-6-11(17-18-12)15-8-9-2-4-10(14)5-3-9/h2-7H,8H2,1H3,(H,15,17)(H,16,18,19). The molecule has 20 heavy (non-hydrogen) atoms. The summed E-state index contributed by atoms with van der Waals surface area (Å²) in [4.78, 5) is 11.0. The monoisotopic (exact) mass is 276 g/mol. The fraction of sp³-hybridized carbons (Fsp3) is 0.154. The van der Waals surface area contributed by atoms with Gasteiger partial charge in [-0.25, -0.2) is 9.18 Å². The van der Waals surface area contributed by atoms with Crippen LogP contribution in [0.4, 0.5) is 20.8 Å². The van der Waals surface area contributed by atoms with Gasteiger partial charge in [-0.1, -0.05) is 12.1 Å². The van der Waals surface area contributed by atoms with Gasteiger partial charge in [-0.3, -0.25) is 5.32 Å². The third kappa shape index (κ3) is 3.91. The minimum absolute atomic E-state index is 0.272. The quantitative estimate of drug-likeness (QED) is 0.896. The topological polar surface area (TPSA) is 76.1 Å². The Hall–Kier alpha value is -2.70. The molecule has 0 aliphatic carbocycles. The number of nitrogens with zero attached hydrogens (tertiary/aromatic N) is 2. The minimum Gasteiger partial charge on any atom is -0.453 e. The SMILES string of the molecule is COC(=O)Nc1ccc(NCc2ccc(F)cc2)nn1. The molecule has 0 radical (unpaired) electrons. The number of halogens is 1. The van der Waals surface area contributed by atoms with Gasteiger partial charge in [0, 0.05) is 6.54 Å². The van der Waals surface area contributed by atoms with Crippen molar-refractivity contribution in [3.05, 3.63) is 47.8 Å². The Morgan fingerprint density at radius 3 is 2.40 bits per heavy atom. The van der Waals surface area contributed by atoms with Crippen LogP contribution in [0.25, 0.3) is 0 Å². The first-order chi connectivity index (χ1) is 9.67. The summed E-state index contributed by atoms with van der Waals surface area (Å²) in [5, 5.41) is 13.1. The molecule has 0 fully saturated rings. The molecule has 7 heteroatoms. The molecule has 0 spiro atoms. The van der Waals surface area contributed by atoms with Crippen molar-refractivity contribution < 1.29 is 13.9 Å². The number of amides is 1. The van der Waals surface area contributed by atoms with Gasteiger partial charge >= 0.3 is 6.09 Å². The largest absolute Gasteiger partial charge is 0.453 e. The molecule has 0 aliphatic heterocycles. The summed E-state index contributed by atoms with van der Waals surface area (Å²) in [6.07, 6.45) is -0.605. The van der Waals surface area contributed by atoms with Crippen molar-refractivity contribution in [3.63, 3.8) is 0 Å². The zero-order valence-corrected chi connectivity index (χ0v) is 10.8. The van der Waals surface area contributed by atoms with Crippen LogP contribution < -0.4 is 10.6 Å². The molecule has 104 valence electrons.